The molecule has 1 saturated heterocycles. The Morgan fingerprint density at radius 3 is 2.16 bits per heavy atom. The number of nitrogens with one attached hydrogen (secondary N) is 1. The molecule has 6 heteroatoms. The lowest BCUT2D eigenvalue weighted by Crippen LogP contribution is -2.46. The Morgan fingerprint density at radius 1 is 0.919 bits per heavy atom. The maximum atomic E-state index is 12.8. The van der Waals surface area contributed by atoms with Crippen LogP contribution in [0.4, 0.5) is 4.79 Å². The van der Waals surface area contributed by atoms with E-state index in [1.165, 1.54) is 0 Å². The summed E-state index contributed by atoms with van der Waals surface area (Å²) in [5.74, 6) is -0.0286. The van der Waals surface area contributed by atoms with Crippen LogP contribution in [0.3, 0.4) is 0 Å². The second kappa shape index (κ2) is 12.0. The zero-order valence-electron chi connectivity index (χ0n) is 21.7. The number of carbonyl (C=O) groups excluding carboxylic acids is 2. The lowest BCUT2D eigenvalue weighted by molar-refractivity contribution is -0.141. The monoisotopic (exact) mass is 501 g/mol. The van der Waals surface area contributed by atoms with Crippen molar-refractivity contribution in [3.05, 3.63) is 102 Å². The average Bonchev–Trinajstić information content (AvgIpc) is 3.23. The number of amides is 1. The molecule has 0 saturated carbocycles. The smallest absolute Gasteiger partial charge is 0.407 e. The zero-order chi connectivity index (χ0) is 26.3. The van der Waals surface area contributed by atoms with Crippen LogP contribution in [0.15, 0.2) is 84.9 Å². The highest BCUT2D eigenvalue weighted by molar-refractivity contribution is 5.76. The molecule has 3 aromatic rings. The summed E-state index contributed by atoms with van der Waals surface area (Å²) in [6.45, 7) is 6.24. The number of esters is 1. The number of benzene rings is 3. The maximum absolute atomic E-state index is 12.8. The standard InChI is InChI=1S/C31H35NO5/c1-31(2,3)37-30(34)32-28(19-22-10-6-4-7-11-22)27-21-36-29(33)26(27)18-23-14-16-25(17-15-23)35-20-24-12-8-5-9-13-24/h4-17,26-28H,18-21H2,1-3H3,(H,32,34)/t26-,27?,28+/m1/s1. The van der Waals surface area contributed by atoms with Crippen LogP contribution in [0, 0.1) is 11.8 Å². The summed E-state index contributed by atoms with van der Waals surface area (Å²) < 4.78 is 16.9. The van der Waals surface area contributed by atoms with Crippen LogP contribution in [0.2, 0.25) is 0 Å². The van der Waals surface area contributed by atoms with Crippen molar-refractivity contribution in [3.63, 3.8) is 0 Å². The highest BCUT2D eigenvalue weighted by atomic mass is 16.6. The Morgan fingerprint density at radius 2 is 1.54 bits per heavy atom. The lowest BCUT2D eigenvalue weighted by Gasteiger charge is -2.29. The average molecular weight is 502 g/mol. The number of alkyl carbamates (subject to hydrolysis) is 1. The minimum absolute atomic E-state index is 0.186. The van der Waals surface area contributed by atoms with Gasteiger partial charge >= 0.3 is 12.1 Å². The molecule has 1 fully saturated rings. The lowest BCUT2D eigenvalue weighted by atomic mass is 9.82. The molecule has 0 radical (unpaired) electrons. The minimum atomic E-state index is -0.618. The Bertz CT molecular complexity index is 1160. The number of rotatable bonds is 9. The molecule has 4 rings (SSSR count). The predicted octanol–water partition coefficient (Wildman–Crippen LogP) is 5.73. The fraction of sp³-hybridized carbons (Fsp3) is 0.355. The van der Waals surface area contributed by atoms with E-state index in [4.69, 9.17) is 14.2 Å². The van der Waals surface area contributed by atoms with E-state index in [-0.39, 0.29) is 30.5 Å². The van der Waals surface area contributed by atoms with E-state index < -0.39 is 11.7 Å². The van der Waals surface area contributed by atoms with E-state index in [9.17, 15) is 9.59 Å². The van der Waals surface area contributed by atoms with Crippen LogP contribution in [-0.2, 0) is 33.7 Å². The van der Waals surface area contributed by atoms with E-state index in [1.807, 2.05) is 106 Å². The molecule has 1 unspecified atom stereocenters. The Hall–Kier alpha value is -3.80. The molecule has 1 N–H and O–H groups in total. The zero-order valence-corrected chi connectivity index (χ0v) is 21.7. The minimum Gasteiger partial charge on any atom is -0.489 e. The first-order valence-corrected chi connectivity index (χ1v) is 12.7. The first kappa shape index (κ1) is 26.3. The van der Waals surface area contributed by atoms with E-state index in [0.717, 1.165) is 22.4 Å². The second-order valence-corrected chi connectivity index (χ2v) is 10.5. The van der Waals surface area contributed by atoms with Crippen molar-refractivity contribution >= 4 is 12.1 Å². The van der Waals surface area contributed by atoms with Gasteiger partial charge in [0.05, 0.1) is 12.5 Å². The van der Waals surface area contributed by atoms with Crippen molar-refractivity contribution in [1.82, 2.24) is 5.32 Å². The van der Waals surface area contributed by atoms with Crippen molar-refractivity contribution in [1.29, 1.82) is 0 Å². The normalized spacial score (nSPS) is 18.1. The molecule has 0 aliphatic carbocycles. The second-order valence-electron chi connectivity index (χ2n) is 10.5. The van der Waals surface area contributed by atoms with Gasteiger partial charge < -0.3 is 19.5 Å². The summed E-state index contributed by atoms with van der Waals surface area (Å²) in [5, 5.41) is 3.03. The van der Waals surface area contributed by atoms with Crippen molar-refractivity contribution < 1.29 is 23.8 Å². The SMILES string of the molecule is CC(C)(C)OC(=O)N[C@@H](Cc1ccccc1)C1COC(=O)[C@@H]1Cc1ccc(OCc2ccccc2)cc1. The van der Waals surface area contributed by atoms with E-state index in [2.05, 4.69) is 5.32 Å². The molecule has 1 aliphatic heterocycles. The van der Waals surface area contributed by atoms with Crippen molar-refractivity contribution in [3.8, 4) is 5.75 Å². The van der Waals surface area contributed by atoms with Crippen LogP contribution in [0.25, 0.3) is 0 Å². The first-order valence-electron chi connectivity index (χ1n) is 12.7. The van der Waals surface area contributed by atoms with Gasteiger partial charge in [-0.25, -0.2) is 4.79 Å². The van der Waals surface area contributed by atoms with Gasteiger partial charge in [0.2, 0.25) is 0 Å². The van der Waals surface area contributed by atoms with Gasteiger partial charge in [0.25, 0.3) is 0 Å². The number of ether oxygens (including phenoxy) is 3. The van der Waals surface area contributed by atoms with Crippen LogP contribution in [-0.4, -0.2) is 30.3 Å². The van der Waals surface area contributed by atoms with Gasteiger partial charge in [0, 0.05) is 12.0 Å². The van der Waals surface area contributed by atoms with Gasteiger partial charge in [0.15, 0.2) is 0 Å². The molecular weight excluding hydrogens is 466 g/mol. The number of hydrogen-bond donors (Lipinski definition) is 1. The van der Waals surface area contributed by atoms with Crippen molar-refractivity contribution in [2.24, 2.45) is 11.8 Å². The highest BCUT2D eigenvalue weighted by Crippen LogP contribution is 2.31. The van der Waals surface area contributed by atoms with Crippen molar-refractivity contribution in [2.45, 2.75) is 51.9 Å². The fourth-order valence-corrected chi connectivity index (χ4v) is 4.56. The third-order valence-electron chi connectivity index (χ3n) is 6.38. The summed E-state index contributed by atoms with van der Waals surface area (Å²) in [7, 11) is 0. The summed E-state index contributed by atoms with van der Waals surface area (Å²) in [6.07, 6.45) is 0.597. The van der Waals surface area contributed by atoms with Gasteiger partial charge in [-0.05, 0) is 62.4 Å². The van der Waals surface area contributed by atoms with E-state index >= 15 is 0 Å². The summed E-state index contributed by atoms with van der Waals surface area (Å²) >= 11 is 0. The van der Waals surface area contributed by atoms with Gasteiger partial charge in [-0.15, -0.1) is 0 Å². The summed E-state index contributed by atoms with van der Waals surface area (Å²) in [6, 6.07) is 27.4. The van der Waals surface area contributed by atoms with Gasteiger partial charge in [0.1, 0.15) is 18.0 Å². The van der Waals surface area contributed by atoms with E-state index in [0.29, 0.717) is 19.4 Å². The Labute approximate surface area is 218 Å². The third kappa shape index (κ3) is 7.84. The molecule has 1 amide bonds. The van der Waals surface area contributed by atoms with E-state index in [1.54, 1.807) is 0 Å². The fourth-order valence-electron chi connectivity index (χ4n) is 4.56. The van der Waals surface area contributed by atoms with Gasteiger partial charge in [-0.3, -0.25) is 4.79 Å². The molecule has 1 aliphatic rings. The third-order valence-corrected chi connectivity index (χ3v) is 6.38. The summed E-state index contributed by atoms with van der Waals surface area (Å²) in [4.78, 5) is 25.5. The number of cyclic esters (lactones) is 1. The van der Waals surface area contributed by atoms with Crippen LogP contribution in [0.1, 0.15) is 37.5 Å². The van der Waals surface area contributed by atoms with Crippen LogP contribution >= 0.6 is 0 Å². The molecule has 3 aromatic carbocycles. The molecular formula is C31H35NO5. The highest BCUT2D eigenvalue weighted by Gasteiger charge is 2.42. The molecule has 1 heterocycles. The molecule has 6 nitrogen and oxygen atoms in total. The molecule has 0 aromatic heterocycles. The van der Waals surface area contributed by atoms with Crippen molar-refractivity contribution in [2.75, 3.05) is 6.61 Å². The largest absolute Gasteiger partial charge is 0.489 e. The van der Waals surface area contributed by atoms with Crippen LogP contribution in [0.5, 0.6) is 5.75 Å². The molecule has 37 heavy (non-hydrogen) atoms. The number of carbonyl (C=O) groups is 2. The Kier molecular flexibility index (Phi) is 8.49. The molecule has 0 spiro atoms. The first-order chi connectivity index (χ1) is 17.8. The topological polar surface area (TPSA) is 73.9 Å². The van der Waals surface area contributed by atoms with Gasteiger partial charge in [-0.1, -0.05) is 72.8 Å². The predicted molar refractivity (Wildman–Crippen MR) is 142 cm³/mol. The summed E-state index contributed by atoms with van der Waals surface area (Å²) in [5.41, 5.74) is 2.57. The van der Waals surface area contributed by atoms with Crippen LogP contribution < -0.4 is 10.1 Å². The molecule has 3 atom stereocenters. The van der Waals surface area contributed by atoms with Gasteiger partial charge in [-0.2, -0.15) is 0 Å². The number of hydrogen-bond acceptors (Lipinski definition) is 5. The maximum Gasteiger partial charge on any atom is 0.407 e. The molecule has 194 valence electrons. The quantitative estimate of drug-likeness (QED) is 0.379. The molecule has 0 bridgehead atoms. The Balaban J connectivity index is 1.45.